The van der Waals surface area contributed by atoms with Crippen molar-refractivity contribution in [3.63, 3.8) is 0 Å². The van der Waals surface area contributed by atoms with E-state index >= 15 is 0 Å². The van der Waals surface area contributed by atoms with Crippen molar-refractivity contribution in [1.29, 1.82) is 0 Å². The molecule has 1 saturated heterocycles. The number of hydrogen-bond acceptors (Lipinski definition) is 7. The molecule has 194 valence electrons. The minimum Gasteiger partial charge on any atom is -0.481 e. The van der Waals surface area contributed by atoms with E-state index < -0.39 is 41.3 Å². The lowest BCUT2D eigenvalue weighted by Gasteiger charge is -2.56. The average molecular weight is 518 g/mol. The van der Waals surface area contributed by atoms with Crippen molar-refractivity contribution in [2.75, 3.05) is 12.4 Å². The Hall–Kier alpha value is -2.46. The van der Waals surface area contributed by atoms with E-state index in [0.29, 0.717) is 36.0 Å². The lowest BCUT2D eigenvalue weighted by atomic mass is 9.48. The molecular formula is C26H31NO8S. The minimum atomic E-state index is -1.23. The Kier molecular flexibility index (Phi) is 6.39. The smallest absolute Gasteiger partial charge is 0.327 e. The Morgan fingerprint density at radius 2 is 1.94 bits per heavy atom. The average Bonchev–Trinajstić information content (AvgIpc) is 3.15. The number of nitrogens with one attached hydrogen (secondary N) is 1. The predicted octanol–water partition coefficient (Wildman–Crippen LogP) is 2.20. The van der Waals surface area contributed by atoms with Gasteiger partial charge in [-0.05, 0) is 55.8 Å². The third kappa shape index (κ3) is 3.75. The van der Waals surface area contributed by atoms with Crippen LogP contribution in [0.3, 0.4) is 0 Å². The van der Waals surface area contributed by atoms with Crippen LogP contribution in [0.1, 0.15) is 46.0 Å². The van der Waals surface area contributed by atoms with Crippen LogP contribution in [0.15, 0.2) is 22.1 Å². The monoisotopic (exact) mass is 517 g/mol. The van der Waals surface area contributed by atoms with Crippen LogP contribution in [-0.2, 0) is 28.7 Å². The van der Waals surface area contributed by atoms with Crippen LogP contribution in [0, 0.1) is 35.0 Å². The van der Waals surface area contributed by atoms with Crippen molar-refractivity contribution in [2.24, 2.45) is 35.0 Å². The summed E-state index contributed by atoms with van der Waals surface area (Å²) in [6.07, 6.45) is 4.03. The van der Waals surface area contributed by atoms with Crippen LogP contribution in [0.4, 0.5) is 0 Å². The molecule has 10 heteroatoms. The molecule has 9 nitrogen and oxygen atoms in total. The van der Waals surface area contributed by atoms with E-state index in [2.05, 4.69) is 12.2 Å². The SMILES string of the molecule is CC(=O)N[C@@H](CSC1=CC(=O)C2=C(C[C@H]3[C@H](C(=O)O)CC[C@H]4[C@@H]5CC[C@@]43[C@@H]2OC[C@H]5C)C1=O)C(=O)O. The molecule has 0 aromatic carbocycles. The molecule has 1 amide bonds. The van der Waals surface area contributed by atoms with Crippen LogP contribution in [-0.4, -0.2) is 64.1 Å². The molecule has 1 heterocycles. The molecular weight excluding hydrogens is 486 g/mol. The van der Waals surface area contributed by atoms with Crippen molar-refractivity contribution >= 4 is 41.2 Å². The van der Waals surface area contributed by atoms with Crippen LogP contribution in [0.2, 0.25) is 0 Å². The number of ether oxygens (including phenoxy) is 1. The Bertz CT molecular complexity index is 1110. The van der Waals surface area contributed by atoms with Crippen LogP contribution >= 0.6 is 11.8 Å². The maximum Gasteiger partial charge on any atom is 0.327 e. The van der Waals surface area contributed by atoms with E-state index in [4.69, 9.17) is 4.74 Å². The van der Waals surface area contributed by atoms with Gasteiger partial charge in [0.05, 0.1) is 23.5 Å². The molecule has 1 aliphatic heterocycles. The van der Waals surface area contributed by atoms with E-state index in [9.17, 15) is 34.2 Å². The summed E-state index contributed by atoms with van der Waals surface area (Å²) in [6, 6.07) is -1.21. The van der Waals surface area contributed by atoms with Crippen molar-refractivity contribution in [3.8, 4) is 0 Å². The maximum atomic E-state index is 13.6. The third-order valence-electron chi connectivity index (χ3n) is 9.26. The number of hydrogen-bond donors (Lipinski definition) is 3. The maximum absolute atomic E-state index is 13.6. The number of ketones is 2. The number of carboxylic acid groups (broad SMARTS) is 2. The summed E-state index contributed by atoms with van der Waals surface area (Å²) < 4.78 is 6.42. The molecule has 8 atom stereocenters. The van der Waals surface area contributed by atoms with E-state index in [1.165, 1.54) is 13.0 Å². The molecule has 4 aliphatic carbocycles. The fraction of sp³-hybridized carbons (Fsp3) is 0.654. The quantitative estimate of drug-likeness (QED) is 0.451. The largest absolute Gasteiger partial charge is 0.481 e. The summed E-state index contributed by atoms with van der Waals surface area (Å²) in [4.78, 5) is 62.5. The fourth-order valence-electron chi connectivity index (χ4n) is 7.88. The second-order valence-corrected chi connectivity index (χ2v) is 12.0. The second-order valence-electron chi connectivity index (χ2n) is 10.9. The summed E-state index contributed by atoms with van der Waals surface area (Å²) in [5.41, 5.74) is 0.244. The molecule has 1 spiro atoms. The van der Waals surface area contributed by atoms with Crippen LogP contribution in [0.25, 0.3) is 0 Å². The van der Waals surface area contributed by atoms with Gasteiger partial charge in [0.2, 0.25) is 5.91 Å². The van der Waals surface area contributed by atoms with Gasteiger partial charge in [0.15, 0.2) is 11.6 Å². The molecule has 2 bridgehead atoms. The number of carbonyl (C=O) groups is 5. The van der Waals surface area contributed by atoms with Gasteiger partial charge in [0.1, 0.15) is 6.04 Å². The topological polar surface area (TPSA) is 147 Å². The number of carbonyl (C=O) groups excluding carboxylic acids is 3. The van der Waals surface area contributed by atoms with Crippen LogP contribution < -0.4 is 5.32 Å². The van der Waals surface area contributed by atoms with Gasteiger partial charge in [-0.1, -0.05) is 6.92 Å². The Balaban J connectivity index is 1.50. The Morgan fingerprint density at radius 3 is 2.61 bits per heavy atom. The fourth-order valence-corrected chi connectivity index (χ4v) is 8.90. The lowest BCUT2D eigenvalue weighted by molar-refractivity contribution is -0.159. The summed E-state index contributed by atoms with van der Waals surface area (Å²) in [6.45, 7) is 3.84. The minimum absolute atomic E-state index is 0.116. The molecule has 36 heavy (non-hydrogen) atoms. The number of allylic oxidation sites excluding steroid dienone is 3. The first-order valence-corrected chi connectivity index (χ1v) is 13.6. The van der Waals surface area contributed by atoms with Crippen molar-refractivity contribution in [1.82, 2.24) is 5.32 Å². The normalized spacial score (nSPS) is 37.9. The Labute approximate surface area is 213 Å². The highest BCUT2D eigenvalue weighted by atomic mass is 32.2. The summed E-state index contributed by atoms with van der Waals surface area (Å²) in [5.74, 6) is -3.31. The molecule has 3 N–H and O–H groups in total. The van der Waals surface area contributed by atoms with E-state index in [1.54, 1.807) is 0 Å². The summed E-state index contributed by atoms with van der Waals surface area (Å²) in [5, 5.41) is 21.8. The number of amides is 1. The van der Waals surface area contributed by atoms with Gasteiger partial charge in [0, 0.05) is 35.3 Å². The standard InChI is InChI=1S/C26H31NO8S/c1-11-9-35-23-21-15(7-17-14(24(31)32)3-4-16-13(11)5-6-26(16,17)23)22(30)20(8-19(21)29)36-10-18(25(33)34)27-12(2)28/h8,11,13-14,16-18,23H,3-7,9-10H2,1-2H3,(H,27,28)(H,31,32)(H,33,34)/t11-,13-,14-,16+,17+,18+,23-,26-/m1/s1. The van der Waals surface area contributed by atoms with Gasteiger partial charge >= 0.3 is 11.9 Å². The highest BCUT2D eigenvalue weighted by Crippen LogP contribution is 2.68. The highest BCUT2D eigenvalue weighted by molar-refractivity contribution is 8.04. The summed E-state index contributed by atoms with van der Waals surface area (Å²) >= 11 is 0.925. The first-order valence-electron chi connectivity index (χ1n) is 12.6. The third-order valence-corrected chi connectivity index (χ3v) is 10.4. The van der Waals surface area contributed by atoms with Crippen molar-refractivity contribution < 1.29 is 38.9 Å². The van der Waals surface area contributed by atoms with E-state index in [0.717, 1.165) is 31.0 Å². The number of aliphatic carboxylic acids is 2. The number of Topliss-reactive ketones (excluding diaryl/α,β-unsaturated/α-hetero) is 1. The zero-order chi connectivity index (χ0) is 25.9. The zero-order valence-electron chi connectivity index (χ0n) is 20.3. The molecule has 0 aromatic heterocycles. The van der Waals surface area contributed by atoms with E-state index in [-0.39, 0.29) is 40.5 Å². The van der Waals surface area contributed by atoms with Gasteiger partial charge in [-0.3, -0.25) is 19.2 Å². The van der Waals surface area contributed by atoms with E-state index in [1.807, 2.05) is 0 Å². The van der Waals surface area contributed by atoms with Crippen molar-refractivity contribution in [3.05, 3.63) is 22.1 Å². The highest BCUT2D eigenvalue weighted by Gasteiger charge is 2.67. The van der Waals surface area contributed by atoms with Gasteiger partial charge in [-0.15, -0.1) is 11.8 Å². The van der Waals surface area contributed by atoms with Crippen molar-refractivity contribution in [2.45, 2.75) is 58.1 Å². The molecule has 0 unspecified atom stereocenters. The van der Waals surface area contributed by atoms with Gasteiger partial charge < -0.3 is 20.3 Å². The molecule has 0 radical (unpaired) electrons. The first-order chi connectivity index (χ1) is 17.1. The van der Waals surface area contributed by atoms with Gasteiger partial charge in [0.25, 0.3) is 0 Å². The number of carboxylic acids is 2. The van der Waals surface area contributed by atoms with Gasteiger partial charge in [-0.25, -0.2) is 4.79 Å². The summed E-state index contributed by atoms with van der Waals surface area (Å²) in [7, 11) is 0. The molecule has 2 saturated carbocycles. The molecule has 5 aliphatic rings. The number of thioether (sulfide) groups is 1. The van der Waals surface area contributed by atoms with Gasteiger partial charge in [-0.2, -0.15) is 0 Å². The number of rotatable bonds is 6. The molecule has 5 rings (SSSR count). The Morgan fingerprint density at radius 1 is 1.19 bits per heavy atom. The molecule has 0 aromatic rings. The molecule has 3 fully saturated rings. The number of fused-ring (bicyclic) bond motifs is 1. The second kappa shape index (κ2) is 9.13. The predicted molar refractivity (Wildman–Crippen MR) is 129 cm³/mol. The lowest BCUT2D eigenvalue weighted by Crippen LogP contribution is -2.57. The van der Waals surface area contributed by atoms with Crippen LogP contribution in [0.5, 0.6) is 0 Å². The zero-order valence-corrected chi connectivity index (χ0v) is 21.1. The first kappa shape index (κ1) is 25.2.